The summed E-state index contributed by atoms with van der Waals surface area (Å²) in [6, 6.07) is 10.1. The molecule has 2 aliphatic heterocycles. The molecule has 172 valence electrons. The van der Waals surface area contributed by atoms with Gasteiger partial charge in [0.2, 0.25) is 0 Å². The maximum atomic E-state index is 10.6. The number of anilines is 1. The Labute approximate surface area is 183 Å². The quantitative estimate of drug-likeness (QED) is 0.737. The van der Waals surface area contributed by atoms with Gasteiger partial charge >= 0.3 is 12.1 Å². The number of aromatic nitrogens is 2. The molecule has 0 aliphatic carbocycles. The van der Waals surface area contributed by atoms with Gasteiger partial charge in [-0.15, -0.1) is 0 Å². The summed E-state index contributed by atoms with van der Waals surface area (Å²) in [4.78, 5) is 11.3. The number of carbonyl (C=O) groups is 1. The summed E-state index contributed by atoms with van der Waals surface area (Å²) in [7, 11) is 1.95. The maximum Gasteiger partial charge on any atom is 0.490 e. The Morgan fingerprint density at radius 1 is 1.47 bits per heavy atom. The smallest absolute Gasteiger partial charge is 0.475 e. The van der Waals surface area contributed by atoms with Gasteiger partial charge in [-0.25, -0.2) is 4.79 Å². The van der Waals surface area contributed by atoms with Crippen LogP contribution in [0.2, 0.25) is 0 Å². The first-order valence-corrected chi connectivity index (χ1v) is 9.99. The first-order chi connectivity index (χ1) is 15.1. The van der Waals surface area contributed by atoms with Gasteiger partial charge in [0, 0.05) is 50.6 Å². The predicted molar refractivity (Wildman–Crippen MR) is 109 cm³/mol. The third kappa shape index (κ3) is 6.21. The Bertz CT molecular complexity index is 988. The minimum atomic E-state index is -5.08. The van der Waals surface area contributed by atoms with Crippen LogP contribution in [0.3, 0.4) is 0 Å². The summed E-state index contributed by atoms with van der Waals surface area (Å²) < 4.78 is 39.8. The van der Waals surface area contributed by atoms with Crippen LogP contribution in [0.5, 0.6) is 0 Å². The van der Waals surface area contributed by atoms with E-state index in [1.165, 1.54) is 5.56 Å². The second-order valence-corrected chi connectivity index (χ2v) is 8.02. The molecule has 4 rings (SSSR count). The Kier molecular flexibility index (Phi) is 7.06. The molecule has 1 spiro atoms. The summed E-state index contributed by atoms with van der Waals surface area (Å²) >= 11 is 0. The second-order valence-electron chi connectivity index (χ2n) is 8.02. The summed E-state index contributed by atoms with van der Waals surface area (Å²) in [5.74, 6) is -2.76. The highest BCUT2D eigenvalue weighted by molar-refractivity contribution is 5.73. The topological polar surface area (TPSA) is 103 Å². The molecule has 2 aliphatic rings. The number of carboxylic acids is 1. The first-order valence-electron chi connectivity index (χ1n) is 9.99. The average molecular weight is 451 g/mol. The lowest BCUT2D eigenvalue weighted by Crippen LogP contribution is -2.33. The van der Waals surface area contributed by atoms with E-state index in [0.29, 0.717) is 11.6 Å². The van der Waals surface area contributed by atoms with Crippen LogP contribution in [-0.4, -0.2) is 63.3 Å². The number of aliphatic carboxylic acids is 1. The molecule has 2 aromatic rings. The average Bonchev–Trinajstić information content (AvgIpc) is 3.43. The number of likely N-dealkylation sites (tertiary alicyclic amines) is 1. The molecule has 11 heteroatoms. The molecule has 3 heterocycles. The lowest BCUT2D eigenvalue weighted by molar-refractivity contribution is -0.192. The highest BCUT2D eigenvalue weighted by Crippen LogP contribution is 2.36. The van der Waals surface area contributed by atoms with Crippen molar-refractivity contribution >= 4 is 11.7 Å². The standard InChI is InChI=1S/C19H23N5O.C2HF3O2/c1-23-11-16(10-21-23)12-24-6-5-19(14-24)8-18(13-25-19)22-17-4-2-3-15(7-17)9-20;3-2(4,5)1(6)7/h2-4,7,10-11,18,22H,5-6,8,12-14H2,1H3;(H,6,7). The van der Waals surface area contributed by atoms with Gasteiger partial charge in [-0.2, -0.15) is 23.5 Å². The van der Waals surface area contributed by atoms with Crippen LogP contribution in [0, 0.1) is 11.3 Å². The van der Waals surface area contributed by atoms with E-state index in [1.54, 1.807) is 0 Å². The van der Waals surface area contributed by atoms with Crippen molar-refractivity contribution in [3.8, 4) is 6.07 Å². The van der Waals surface area contributed by atoms with Crippen LogP contribution in [0.15, 0.2) is 36.7 Å². The number of nitrogens with one attached hydrogen (secondary N) is 1. The largest absolute Gasteiger partial charge is 0.490 e. The van der Waals surface area contributed by atoms with Crippen molar-refractivity contribution in [3.63, 3.8) is 0 Å². The molecule has 0 saturated carbocycles. The number of hydrogen-bond donors (Lipinski definition) is 2. The fourth-order valence-electron chi connectivity index (χ4n) is 4.01. The number of nitrogens with zero attached hydrogens (tertiary/aromatic N) is 4. The lowest BCUT2D eigenvalue weighted by Gasteiger charge is -2.23. The van der Waals surface area contributed by atoms with Crippen LogP contribution in [0.1, 0.15) is 24.0 Å². The number of nitriles is 1. The number of carboxylic acid groups (broad SMARTS) is 1. The molecule has 32 heavy (non-hydrogen) atoms. The molecule has 2 N–H and O–H groups in total. The first kappa shape index (κ1) is 23.6. The normalized spacial score (nSPS) is 22.9. The number of halogens is 3. The van der Waals surface area contributed by atoms with Gasteiger partial charge in [0.15, 0.2) is 0 Å². The number of rotatable bonds is 4. The molecular formula is C21H24F3N5O3. The van der Waals surface area contributed by atoms with Crippen molar-refractivity contribution in [1.82, 2.24) is 14.7 Å². The van der Waals surface area contributed by atoms with E-state index in [1.807, 2.05) is 42.2 Å². The fraction of sp³-hybridized carbons (Fsp3) is 0.476. The lowest BCUT2D eigenvalue weighted by atomic mass is 9.97. The second kappa shape index (κ2) is 9.58. The van der Waals surface area contributed by atoms with Crippen molar-refractivity contribution in [2.45, 2.75) is 37.2 Å². The van der Waals surface area contributed by atoms with Gasteiger partial charge < -0.3 is 15.2 Å². The van der Waals surface area contributed by atoms with Gasteiger partial charge in [-0.05, 0) is 24.6 Å². The minimum absolute atomic E-state index is 0.0350. The molecule has 2 fully saturated rings. The van der Waals surface area contributed by atoms with Crippen molar-refractivity contribution in [2.24, 2.45) is 7.05 Å². The molecule has 8 nitrogen and oxygen atoms in total. The number of benzene rings is 1. The van der Waals surface area contributed by atoms with E-state index in [9.17, 15) is 13.2 Å². The van der Waals surface area contributed by atoms with E-state index >= 15 is 0 Å². The summed E-state index contributed by atoms with van der Waals surface area (Å²) in [6.45, 7) is 3.68. The SMILES string of the molecule is Cn1cc(CN2CCC3(CC(Nc4cccc(C#N)c4)CO3)C2)cn1.O=C(O)C(F)(F)F. The summed E-state index contributed by atoms with van der Waals surface area (Å²) in [6.07, 6.45) is 1.01. The molecular weight excluding hydrogens is 427 g/mol. The van der Waals surface area contributed by atoms with Gasteiger partial charge in [-0.3, -0.25) is 9.58 Å². The Balaban J connectivity index is 0.000000360. The molecule has 2 atom stereocenters. The zero-order chi connectivity index (χ0) is 23.4. The van der Waals surface area contributed by atoms with Crippen molar-refractivity contribution in [3.05, 3.63) is 47.8 Å². The highest BCUT2D eigenvalue weighted by atomic mass is 19.4. The Morgan fingerprint density at radius 2 is 2.22 bits per heavy atom. The predicted octanol–water partition coefficient (Wildman–Crippen LogP) is 2.77. The molecule has 2 saturated heterocycles. The summed E-state index contributed by atoms with van der Waals surface area (Å²) in [5, 5.41) is 23.9. The fourth-order valence-corrected chi connectivity index (χ4v) is 4.01. The van der Waals surface area contributed by atoms with E-state index in [-0.39, 0.29) is 5.60 Å². The van der Waals surface area contributed by atoms with Gasteiger partial charge in [0.25, 0.3) is 0 Å². The van der Waals surface area contributed by atoms with E-state index in [2.05, 4.69) is 27.6 Å². The summed E-state index contributed by atoms with van der Waals surface area (Å²) in [5.41, 5.74) is 2.89. The number of alkyl halides is 3. The zero-order valence-corrected chi connectivity index (χ0v) is 17.5. The molecule has 1 aromatic carbocycles. The van der Waals surface area contributed by atoms with Crippen molar-refractivity contribution in [2.75, 3.05) is 25.0 Å². The van der Waals surface area contributed by atoms with Crippen LogP contribution in [-0.2, 0) is 23.1 Å². The van der Waals surface area contributed by atoms with Crippen LogP contribution in [0.4, 0.5) is 18.9 Å². The Hall–Kier alpha value is -3.10. The van der Waals surface area contributed by atoms with Crippen molar-refractivity contribution in [1.29, 1.82) is 5.26 Å². The monoisotopic (exact) mass is 451 g/mol. The molecule has 2 unspecified atom stereocenters. The van der Waals surface area contributed by atoms with Crippen LogP contribution in [0.25, 0.3) is 0 Å². The molecule has 1 aromatic heterocycles. The van der Waals surface area contributed by atoms with E-state index in [4.69, 9.17) is 19.9 Å². The minimum Gasteiger partial charge on any atom is -0.475 e. The van der Waals surface area contributed by atoms with Gasteiger partial charge in [0.1, 0.15) is 0 Å². The molecule has 0 bridgehead atoms. The van der Waals surface area contributed by atoms with E-state index < -0.39 is 12.1 Å². The molecule has 0 amide bonds. The number of hydrogen-bond acceptors (Lipinski definition) is 6. The Morgan fingerprint density at radius 3 is 2.84 bits per heavy atom. The van der Waals surface area contributed by atoms with Gasteiger partial charge in [-0.1, -0.05) is 6.07 Å². The van der Waals surface area contributed by atoms with Crippen LogP contribution >= 0.6 is 0 Å². The third-order valence-electron chi connectivity index (χ3n) is 5.37. The van der Waals surface area contributed by atoms with E-state index in [0.717, 1.165) is 44.8 Å². The maximum absolute atomic E-state index is 10.6. The highest BCUT2D eigenvalue weighted by Gasteiger charge is 2.45. The van der Waals surface area contributed by atoms with Crippen LogP contribution < -0.4 is 5.32 Å². The zero-order valence-electron chi connectivity index (χ0n) is 17.5. The number of aryl methyl sites for hydroxylation is 1. The van der Waals surface area contributed by atoms with Gasteiger partial charge in [0.05, 0.1) is 36.1 Å². The number of ether oxygens (including phenoxy) is 1. The van der Waals surface area contributed by atoms with Crippen molar-refractivity contribution < 1.29 is 27.8 Å². The third-order valence-corrected chi connectivity index (χ3v) is 5.37. The molecule has 0 radical (unpaired) electrons.